The maximum Gasteiger partial charge on any atom is 0.335 e. The molecule has 0 N–H and O–H groups in total. The Bertz CT molecular complexity index is 211. The summed E-state index contributed by atoms with van der Waals surface area (Å²) in [6.45, 7) is 10.7. The lowest BCUT2D eigenvalue weighted by atomic mass is 10.3. The number of carbonyl (C=O) groups is 1. The average molecular weight is 214 g/mol. The van der Waals surface area contributed by atoms with E-state index in [0.29, 0.717) is 32.0 Å². The Morgan fingerprint density at radius 3 is 2.60 bits per heavy atom. The molecule has 0 aromatic heterocycles. The highest BCUT2D eigenvalue weighted by Gasteiger charge is 2.06. The lowest BCUT2D eigenvalue weighted by Crippen LogP contribution is -2.13. The molecule has 0 aromatic carbocycles. The van der Waals surface area contributed by atoms with Crippen LogP contribution in [0, 0.1) is 0 Å². The molecule has 4 nitrogen and oxygen atoms in total. The fraction of sp³-hybridized carbons (Fsp3) is 0.545. The number of hydrogen-bond donors (Lipinski definition) is 0. The Labute approximate surface area is 90.5 Å². The summed E-state index contributed by atoms with van der Waals surface area (Å²) in [7, 11) is 0. The van der Waals surface area contributed by atoms with Gasteiger partial charge < -0.3 is 14.2 Å². The summed E-state index contributed by atoms with van der Waals surface area (Å²) < 4.78 is 15.0. The van der Waals surface area contributed by atoms with Gasteiger partial charge in [0.25, 0.3) is 0 Å². The zero-order valence-electron chi connectivity index (χ0n) is 9.16. The predicted octanol–water partition coefficient (Wildman–Crippen LogP) is 1.32. The van der Waals surface area contributed by atoms with E-state index >= 15 is 0 Å². The minimum Gasteiger partial charge on any atom is -0.463 e. The SMILES string of the molecule is C=CCOCCOCC(=C)C(=O)OCC. The van der Waals surface area contributed by atoms with E-state index in [1.54, 1.807) is 13.0 Å². The first kappa shape index (κ1) is 13.9. The van der Waals surface area contributed by atoms with Crippen LogP contribution in [0.1, 0.15) is 6.92 Å². The van der Waals surface area contributed by atoms with Crippen molar-refractivity contribution in [1.29, 1.82) is 0 Å². The van der Waals surface area contributed by atoms with Gasteiger partial charge in [0.05, 0.1) is 38.6 Å². The van der Waals surface area contributed by atoms with Crippen LogP contribution in [-0.4, -0.2) is 39.0 Å². The highest BCUT2D eigenvalue weighted by Crippen LogP contribution is 1.95. The van der Waals surface area contributed by atoms with E-state index < -0.39 is 5.97 Å². The van der Waals surface area contributed by atoms with Crippen LogP contribution in [0.25, 0.3) is 0 Å². The second-order valence-electron chi connectivity index (χ2n) is 2.74. The van der Waals surface area contributed by atoms with Gasteiger partial charge in [-0.2, -0.15) is 0 Å². The van der Waals surface area contributed by atoms with Crippen molar-refractivity contribution >= 4 is 5.97 Å². The van der Waals surface area contributed by atoms with Gasteiger partial charge in [-0.25, -0.2) is 4.79 Å². The van der Waals surface area contributed by atoms with Crippen LogP contribution in [-0.2, 0) is 19.0 Å². The summed E-state index contributed by atoms with van der Waals surface area (Å²) in [6.07, 6.45) is 1.66. The smallest absolute Gasteiger partial charge is 0.335 e. The van der Waals surface area contributed by atoms with E-state index in [1.807, 2.05) is 0 Å². The first-order valence-electron chi connectivity index (χ1n) is 4.83. The Kier molecular flexibility index (Phi) is 8.72. The van der Waals surface area contributed by atoms with E-state index in [2.05, 4.69) is 13.2 Å². The Hall–Kier alpha value is -1.13. The van der Waals surface area contributed by atoms with Crippen LogP contribution in [0.3, 0.4) is 0 Å². The Morgan fingerprint density at radius 1 is 1.33 bits per heavy atom. The average Bonchev–Trinajstić information content (AvgIpc) is 2.23. The fourth-order valence-corrected chi connectivity index (χ4v) is 0.772. The van der Waals surface area contributed by atoms with Gasteiger partial charge in [-0.1, -0.05) is 12.7 Å². The number of carbonyl (C=O) groups excluding carboxylic acids is 1. The van der Waals surface area contributed by atoms with Crippen molar-refractivity contribution in [3.8, 4) is 0 Å². The first-order valence-corrected chi connectivity index (χ1v) is 4.83. The third-order valence-corrected chi connectivity index (χ3v) is 1.45. The number of esters is 1. The third kappa shape index (κ3) is 7.90. The maximum atomic E-state index is 11.1. The van der Waals surface area contributed by atoms with Gasteiger partial charge in [0.2, 0.25) is 0 Å². The van der Waals surface area contributed by atoms with Crippen molar-refractivity contribution in [2.45, 2.75) is 6.92 Å². The molecule has 15 heavy (non-hydrogen) atoms. The topological polar surface area (TPSA) is 44.8 Å². The van der Waals surface area contributed by atoms with Crippen LogP contribution < -0.4 is 0 Å². The molecule has 0 aromatic rings. The monoisotopic (exact) mass is 214 g/mol. The molecule has 0 atom stereocenters. The van der Waals surface area contributed by atoms with Crippen molar-refractivity contribution in [3.05, 3.63) is 24.8 Å². The van der Waals surface area contributed by atoms with E-state index in [-0.39, 0.29) is 6.61 Å². The van der Waals surface area contributed by atoms with Crippen LogP contribution in [0.4, 0.5) is 0 Å². The summed E-state index contributed by atoms with van der Waals surface area (Å²) in [6, 6.07) is 0. The second kappa shape index (κ2) is 9.43. The Morgan fingerprint density at radius 2 is 2.00 bits per heavy atom. The molecule has 0 radical (unpaired) electrons. The van der Waals surface area contributed by atoms with Crippen LogP contribution in [0.5, 0.6) is 0 Å². The molecule has 4 heteroatoms. The lowest BCUT2D eigenvalue weighted by Gasteiger charge is -2.06. The molecule has 86 valence electrons. The Balaban J connectivity index is 3.38. The summed E-state index contributed by atoms with van der Waals surface area (Å²) in [5.74, 6) is -0.412. The van der Waals surface area contributed by atoms with E-state index in [1.165, 1.54) is 0 Å². The first-order chi connectivity index (χ1) is 7.22. The quantitative estimate of drug-likeness (QED) is 0.251. The van der Waals surface area contributed by atoms with E-state index in [4.69, 9.17) is 14.2 Å². The zero-order valence-corrected chi connectivity index (χ0v) is 9.16. The van der Waals surface area contributed by atoms with Crippen molar-refractivity contribution in [2.24, 2.45) is 0 Å². The summed E-state index contributed by atoms with van der Waals surface area (Å²) in [4.78, 5) is 11.1. The molecule has 0 aliphatic carbocycles. The summed E-state index contributed by atoms with van der Waals surface area (Å²) in [5, 5.41) is 0. The standard InChI is InChI=1S/C11H18O4/c1-4-6-13-7-8-14-9-10(3)11(12)15-5-2/h4H,1,3,5-9H2,2H3. The number of rotatable bonds is 9. The van der Waals surface area contributed by atoms with E-state index in [0.717, 1.165) is 0 Å². The van der Waals surface area contributed by atoms with Crippen molar-refractivity contribution in [3.63, 3.8) is 0 Å². The molecule has 0 saturated carbocycles. The van der Waals surface area contributed by atoms with Crippen LogP contribution >= 0.6 is 0 Å². The molecule has 0 spiro atoms. The van der Waals surface area contributed by atoms with Gasteiger partial charge in [-0.3, -0.25) is 0 Å². The molecule has 0 aliphatic rings. The second-order valence-corrected chi connectivity index (χ2v) is 2.74. The third-order valence-electron chi connectivity index (χ3n) is 1.45. The minimum atomic E-state index is -0.412. The van der Waals surface area contributed by atoms with Crippen LogP contribution in [0.15, 0.2) is 24.8 Å². The summed E-state index contributed by atoms with van der Waals surface area (Å²) >= 11 is 0. The highest BCUT2D eigenvalue weighted by atomic mass is 16.5. The van der Waals surface area contributed by atoms with Gasteiger partial charge >= 0.3 is 5.97 Å². The molecule has 0 unspecified atom stereocenters. The van der Waals surface area contributed by atoms with E-state index in [9.17, 15) is 4.79 Å². The van der Waals surface area contributed by atoms with Gasteiger partial charge in [0.1, 0.15) is 0 Å². The molecule has 0 amide bonds. The van der Waals surface area contributed by atoms with Crippen molar-refractivity contribution in [1.82, 2.24) is 0 Å². The minimum absolute atomic E-state index is 0.177. The van der Waals surface area contributed by atoms with Gasteiger partial charge in [0, 0.05) is 0 Å². The lowest BCUT2D eigenvalue weighted by molar-refractivity contribution is -0.139. The largest absolute Gasteiger partial charge is 0.463 e. The molecular formula is C11H18O4. The number of ether oxygens (including phenoxy) is 3. The molecule has 0 saturated heterocycles. The maximum absolute atomic E-state index is 11.1. The number of hydrogen-bond acceptors (Lipinski definition) is 4. The van der Waals surface area contributed by atoms with Gasteiger partial charge in [0.15, 0.2) is 0 Å². The molecule has 0 fully saturated rings. The van der Waals surface area contributed by atoms with Crippen molar-refractivity contribution < 1.29 is 19.0 Å². The van der Waals surface area contributed by atoms with Gasteiger partial charge in [-0.05, 0) is 6.92 Å². The molecular weight excluding hydrogens is 196 g/mol. The molecule has 0 heterocycles. The molecule has 0 aliphatic heterocycles. The molecule has 0 rings (SSSR count). The predicted molar refractivity (Wildman–Crippen MR) is 57.6 cm³/mol. The fourth-order valence-electron chi connectivity index (χ4n) is 0.772. The molecule has 0 bridgehead atoms. The normalized spacial score (nSPS) is 9.67. The van der Waals surface area contributed by atoms with Crippen LogP contribution in [0.2, 0.25) is 0 Å². The highest BCUT2D eigenvalue weighted by molar-refractivity contribution is 5.87. The van der Waals surface area contributed by atoms with Gasteiger partial charge in [-0.15, -0.1) is 6.58 Å². The zero-order chi connectivity index (χ0) is 11.5. The van der Waals surface area contributed by atoms with Crippen molar-refractivity contribution in [2.75, 3.05) is 33.0 Å². The summed E-state index contributed by atoms with van der Waals surface area (Å²) in [5.41, 5.74) is 0.320.